The van der Waals surface area contributed by atoms with Crippen molar-refractivity contribution < 1.29 is 18.3 Å². The van der Waals surface area contributed by atoms with Gasteiger partial charge in [0.05, 0.1) is 22.7 Å². The fourth-order valence-corrected chi connectivity index (χ4v) is 5.54. The molecule has 1 aliphatic rings. The molecule has 0 aliphatic carbocycles. The lowest BCUT2D eigenvalue weighted by molar-refractivity contribution is 0.100. The smallest absolute Gasteiger partial charge is 0.290 e. The van der Waals surface area contributed by atoms with Gasteiger partial charge in [0.2, 0.25) is 0 Å². The third-order valence-electron chi connectivity index (χ3n) is 6.27. The van der Waals surface area contributed by atoms with Gasteiger partial charge in [-0.1, -0.05) is 22.5 Å². The molecule has 0 spiro atoms. The average Bonchev–Trinajstić information content (AvgIpc) is 3.26. The third kappa shape index (κ3) is 4.64. The minimum absolute atomic E-state index is 0.178. The summed E-state index contributed by atoms with van der Waals surface area (Å²) in [6, 6.07) is 12.9. The third-order valence-corrected chi connectivity index (χ3v) is 8.19. The summed E-state index contributed by atoms with van der Waals surface area (Å²) in [6.45, 7) is 2.97. The van der Waals surface area contributed by atoms with Crippen LogP contribution >= 0.6 is 0 Å². The van der Waals surface area contributed by atoms with Crippen molar-refractivity contribution in [3.8, 4) is 11.8 Å². The fourth-order valence-electron chi connectivity index (χ4n) is 4.39. The zero-order valence-electron chi connectivity index (χ0n) is 18.4. The Hall–Kier alpha value is -3.19. The van der Waals surface area contributed by atoms with Gasteiger partial charge in [0.15, 0.2) is 5.75 Å². The number of hydrogen-bond acceptors (Lipinski definition) is 4. The Morgan fingerprint density at radius 1 is 1.33 bits per heavy atom. The van der Waals surface area contributed by atoms with Gasteiger partial charge >= 0.3 is 0 Å². The molecule has 1 aromatic heterocycles. The van der Waals surface area contributed by atoms with Crippen LogP contribution in [0.15, 0.2) is 42.6 Å². The van der Waals surface area contributed by atoms with Crippen molar-refractivity contribution in [2.45, 2.75) is 32.3 Å². The van der Waals surface area contributed by atoms with Gasteiger partial charge in [0.1, 0.15) is 12.4 Å². The lowest BCUT2D eigenvalue weighted by Gasteiger charge is -2.29. The molecule has 1 saturated heterocycles. The van der Waals surface area contributed by atoms with Crippen LogP contribution in [0.2, 0.25) is 0 Å². The molecule has 0 radical (unpaired) electrons. The first kappa shape index (κ1) is 23.0. The van der Waals surface area contributed by atoms with Crippen LogP contribution < -0.4 is 10.5 Å². The van der Waals surface area contributed by atoms with Crippen molar-refractivity contribution in [2.75, 3.05) is 18.8 Å². The second-order valence-electron chi connectivity index (χ2n) is 8.16. The highest BCUT2D eigenvalue weighted by Gasteiger charge is 2.37. The number of ether oxygens (including phenoxy) is 1. The fraction of sp³-hybridized carbons (Fsp3) is 0.333. The molecule has 33 heavy (non-hydrogen) atoms. The normalized spacial score (nSPS) is 16.9. The first-order valence-electron chi connectivity index (χ1n) is 10.9. The highest BCUT2D eigenvalue weighted by atomic mass is 32.3. The van der Waals surface area contributed by atoms with E-state index in [0.29, 0.717) is 35.5 Å². The molecule has 1 fully saturated rings. The number of nitrogens with zero attached hydrogens (tertiary/aromatic N) is 2. The lowest BCUT2D eigenvalue weighted by Crippen LogP contribution is -2.42. The Balaban J connectivity index is 1.62. The number of aromatic amines is 1. The van der Waals surface area contributed by atoms with E-state index in [0.717, 1.165) is 29.4 Å². The van der Waals surface area contributed by atoms with Crippen molar-refractivity contribution in [2.24, 2.45) is 5.73 Å². The van der Waals surface area contributed by atoms with Gasteiger partial charge in [0, 0.05) is 30.2 Å². The van der Waals surface area contributed by atoms with Crippen molar-refractivity contribution in [3.05, 3.63) is 64.8 Å². The molecule has 2 heterocycles. The maximum Gasteiger partial charge on any atom is 0.290 e. The van der Waals surface area contributed by atoms with E-state index in [4.69, 9.17) is 10.5 Å². The van der Waals surface area contributed by atoms with Gasteiger partial charge in [0.25, 0.3) is 16.3 Å². The molecule has 2 aromatic carbocycles. The highest BCUT2D eigenvalue weighted by molar-refractivity contribution is 7.95. The van der Waals surface area contributed by atoms with Gasteiger partial charge in [-0.05, 0) is 53.7 Å². The number of primary amides is 1. The Labute approximate surface area is 193 Å². The van der Waals surface area contributed by atoms with Gasteiger partial charge in [-0.25, -0.2) is 0 Å². The van der Waals surface area contributed by atoms with E-state index in [1.54, 1.807) is 29.4 Å². The van der Waals surface area contributed by atoms with Gasteiger partial charge < -0.3 is 15.5 Å². The highest BCUT2D eigenvalue weighted by Crippen LogP contribution is 2.37. The lowest BCUT2D eigenvalue weighted by atomic mass is 9.89. The number of nitrogens with two attached hydrogens (primary N) is 1. The maximum atomic E-state index is 12.3. The van der Waals surface area contributed by atoms with Crippen LogP contribution in [0, 0.1) is 11.3 Å². The van der Waals surface area contributed by atoms with Crippen molar-refractivity contribution in [1.82, 2.24) is 9.29 Å². The van der Waals surface area contributed by atoms with Crippen LogP contribution in [0.25, 0.3) is 10.9 Å². The molecule has 1 unspecified atom stereocenters. The van der Waals surface area contributed by atoms with Gasteiger partial charge in [-0.15, -0.1) is 0 Å². The number of nitriles is 1. The van der Waals surface area contributed by atoms with Crippen LogP contribution in [0.4, 0.5) is 0 Å². The van der Waals surface area contributed by atoms with E-state index in [9.17, 15) is 18.8 Å². The van der Waals surface area contributed by atoms with Crippen LogP contribution in [-0.2, 0) is 21.2 Å². The molecule has 3 aromatic rings. The van der Waals surface area contributed by atoms with E-state index < -0.39 is 16.3 Å². The molecule has 4 N–H and O–H groups in total. The number of nitrogens with one attached hydrogen (secondary N) is 1. The van der Waals surface area contributed by atoms with E-state index in [1.807, 2.05) is 24.4 Å². The second kappa shape index (κ2) is 9.35. The summed E-state index contributed by atoms with van der Waals surface area (Å²) in [6.07, 6.45) is 3.36. The topological polar surface area (TPSA) is 132 Å². The van der Waals surface area contributed by atoms with E-state index >= 15 is 0 Å². The summed E-state index contributed by atoms with van der Waals surface area (Å²) in [7, 11) is -2.95. The Bertz CT molecular complexity index is 1270. The van der Waals surface area contributed by atoms with Gasteiger partial charge in [-0.3, -0.25) is 4.79 Å². The molecule has 1 amide bonds. The molecule has 0 saturated carbocycles. The SMILES string of the molecule is CC[S+](=O)(O)N1CCC(c2c[nH]c3c(C(N)=O)cc(OCc4ccccc4C#N)cc23)CC1. The molecule has 4 rings (SSSR count). The number of carbonyl (C=O) groups is 1. The Kier molecular flexibility index (Phi) is 6.51. The maximum absolute atomic E-state index is 12.3. The quantitative estimate of drug-likeness (QED) is 0.455. The summed E-state index contributed by atoms with van der Waals surface area (Å²) in [5.41, 5.74) is 8.97. The first-order valence-corrected chi connectivity index (χ1v) is 12.5. The summed E-state index contributed by atoms with van der Waals surface area (Å²) >= 11 is 0. The number of H-pyrrole nitrogens is 1. The largest absolute Gasteiger partial charge is 0.489 e. The number of benzene rings is 2. The summed E-state index contributed by atoms with van der Waals surface area (Å²) < 4.78 is 30.1. The number of hydrogen-bond donors (Lipinski definition) is 3. The Morgan fingerprint density at radius 2 is 2.06 bits per heavy atom. The van der Waals surface area contributed by atoms with E-state index in [2.05, 4.69) is 11.1 Å². The predicted molar refractivity (Wildman–Crippen MR) is 127 cm³/mol. The number of amides is 1. The summed E-state index contributed by atoms with van der Waals surface area (Å²) in [5.74, 6) is 0.320. The predicted octanol–water partition coefficient (Wildman–Crippen LogP) is 3.80. The molecule has 1 aliphatic heterocycles. The molecule has 8 nitrogen and oxygen atoms in total. The molecular formula is C24H27N4O4S+. The average molecular weight is 468 g/mol. The number of fused-ring (bicyclic) bond motifs is 1. The number of rotatable bonds is 7. The number of carbonyl (C=O) groups excluding carboxylic acids is 1. The van der Waals surface area contributed by atoms with E-state index in [1.165, 1.54) is 0 Å². The summed E-state index contributed by atoms with van der Waals surface area (Å²) in [5, 5.41) is 10.2. The molecule has 9 heteroatoms. The second-order valence-corrected chi connectivity index (χ2v) is 10.5. The van der Waals surface area contributed by atoms with Crippen molar-refractivity contribution in [3.63, 3.8) is 0 Å². The molecule has 1 atom stereocenters. The monoisotopic (exact) mass is 467 g/mol. The number of aromatic nitrogens is 1. The van der Waals surface area contributed by atoms with Crippen molar-refractivity contribution >= 4 is 27.2 Å². The minimum Gasteiger partial charge on any atom is -0.489 e. The molecule has 172 valence electrons. The molecular weight excluding hydrogens is 440 g/mol. The van der Waals surface area contributed by atoms with Crippen LogP contribution in [-0.4, -0.2) is 38.6 Å². The zero-order valence-corrected chi connectivity index (χ0v) is 19.2. The molecule has 0 bridgehead atoms. The van der Waals surface area contributed by atoms with E-state index in [-0.39, 0.29) is 18.3 Å². The zero-order chi connectivity index (χ0) is 23.6. The van der Waals surface area contributed by atoms with Gasteiger partial charge in [-0.2, -0.15) is 9.81 Å². The van der Waals surface area contributed by atoms with Crippen molar-refractivity contribution in [1.29, 1.82) is 5.26 Å². The van der Waals surface area contributed by atoms with Crippen LogP contribution in [0.1, 0.15) is 52.7 Å². The Morgan fingerprint density at radius 3 is 2.73 bits per heavy atom. The van der Waals surface area contributed by atoms with Crippen LogP contribution in [0.5, 0.6) is 5.75 Å². The summed E-state index contributed by atoms with van der Waals surface area (Å²) in [4.78, 5) is 15.3. The number of piperidine rings is 1. The minimum atomic E-state index is -2.95. The standard InChI is InChI=1S/C24H26N4O4S/c1-2-33(30,31)28-9-7-16(8-10-28)22-14-27-23-20(22)11-19(12-21(23)24(26)29)32-15-18-6-4-3-5-17(18)13-25/h3-6,11-12,14,16H,2,7-10,15H2,1H3,(H3-,26,27,29,30,31)/p+1. The first-order chi connectivity index (χ1) is 15.8. The van der Waals surface area contributed by atoms with Crippen LogP contribution in [0.3, 0.4) is 0 Å².